The van der Waals surface area contributed by atoms with Crippen molar-refractivity contribution in [2.45, 2.75) is 39.0 Å². The number of hydrogen-bond acceptors (Lipinski definition) is 7. The van der Waals surface area contributed by atoms with Crippen LogP contribution in [0.5, 0.6) is 5.75 Å². The molecule has 0 saturated carbocycles. The second-order valence-electron chi connectivity index (χ2n) is 8.25. The van der Waals surface area contributed by atoms with Crippen LogP contribution >= 0.6 is 0 Å². The summed E-state index contributed by atoms with van der Waals surface area (Å²) in [7, 11) is -3.02. The van der Waals surface area contributed by atoms with Crippen LogP contribution in [0.25, 0.3) is 10.9 Å². The van der Waals surface area contributed by atoms with Crippen molar-refractivity contribution in [3.05, 3.63) is 47.4 Å². The number of pyridine rings is 1. The molecule has 8 nitrogen and oxygen atoms in total. The van der Waals surface area contributed by atoms with Gasteiger partial charge >= 0.3 is 0 Å². The second-order valence-corrected chi connectivity index (χ2v) is 10.4. The van der Waals surface area contributed by atoms with Gasteiger partial charge in [-0.25, -0.2) is 13.1 Å². The largest absolute Gasteiger partial charge is 0.484 e. The Bertz CT molecular complexity index is 1210. The van der Waals surface area contributed by atoms with E-state index in [1.54, 1.807) is 10.9 Å². The first-order valence-corrected chi connectivity index (χ1v) is 12.0. The first-order chi connectivity index (χ1) is 14.4. The summed E-state index contributed by atoms with van der Waals surface area (Å²) in [4.78, 5) is 4.53. The van der Waals surface area contributed by atoms with Gasteiger partial charge < -0.3 is 9.47 Å². The molecule has 1 aromatic carbocycles. The Hall–Kier alpha value is -2.52. The van der Waals surface area contributed by atoms with Crippen molar-refractivity contribution in [2.24, 2.45) is 5.92 Å². The van der Waals surface area contributed by atoms with Gasteiger partial charge in [0, 0.05) is 11.6 Å². The molecule has 0 spiro atoms. The van der Waals surface area contributed by atoms with Crippen LogP contribution in [-0.4, -0.2) is 46.5 Å². The van der Waals surface area contributed by atoms with Gasteiger partial charge in [0.1, 0.15) is 17.5 Å². The lowest BCUT2D eigenvalue weighted by molar-refractivity contribution is 0.111. The van der Waals surface area contributed by atoms with E-state index in [2.05, 4.69) is 15.3 Å². The van der Waals surface area contributed by atoms with Crippen LogP contribution in [0.4, 0.5) is 0 Å². The fourth-order valence-corrected chi connectivity index (χ4v) is 6.52. The lowest BCUT2D eigenvalue weighted by atomic mass is 10.00. The average molecular weight is 429 g/mol. The van der Waals surface area contributed by atoms with Crippen molar-refractivity contribution in [3.8, 4) is 5.75 Å². The van der Waals surface area contributed by atoms with E-state index in [-0.39, 0.29) is 29.6 Å². The maximum Gasteiger partial charge on any atom is 0.152 e. The van der Waals surface area contributed by atoms with Crippen molar-refractivity contribution in [1.29, 1.82) is 0 Å². The SMILES string of the molecule is CC1CS(=O)(=O)CC1n1cc([C@@H](C)Oc2ccc3ncc4c(c3c2)CCOC4)nn1. The number of rotatable bonds is 4. The summed E-state index contributed by atoms with van der Waals surface area (Å²) in [6, 6.07) is 5.73. The Kier molecular flexibility index (Phi) is 4.74. The molecule has 0 N–H and O–H groups in total. The van der Waals surface area contributed by atoms with Gasteiger partial charge in [-0.05, 0) is 48.6 Å². The molecule has 1 fully saturated rings. The highest BCUT2D eigenvalue weighted by atomic mass is 32.2. The van der Waals surface area contributed by atoms with Crippen LogP contribution in [0.2, 0.25) is 0 Å². The van der Waals surface area contributed by atoms with Crippen LogP contribution < -0.4 is 4.74 Å². The minimum Gasteiger partial charge on any atom is -0.484 e. The minimum atomic E-state index is -3.02. The lowest BCUT2D eigenvalue weighted by Gasteiger charge is -2.19. The summed E-state index contributed by atoms with van der Waals surface area (Å²) in [5.74, 6) is 1.06. The van der Waals surface area contributed by atoms with Gasteiger partial charge in [-0.15, -0.1) is 5.10 Å². The predicted molar refractivity (Wildman–Crippen MR) is 111 cm³/mol. The molecule has 9 heteroatoms. The molecule has 1 saturated heterocycles. The summed E-state index contributed by atoms with van der Waals surface area (Å²) in [5.41, 5.74) is 4.01. The molecule has 0 bridgehead atoms. The minimum absolute atomic E-state index is 0.0175. The van der Waals surface area contributed by atoms with Gasteiger partial charge in [0.05, 0.1) is 42.5 Å². The van der Waals surface area contributed by atoms with E-state index in [9.17, 15) is 8.42 Å². The predicted octanol–water partition coefficient (Wildman–Crippen LogP) is 2.64. The zero-order chi connectivity index (χ0) is 20.9. The molecular formula is C21H24N4O4S. The maximum atomic E-state index is 11.9. The Morgan fingerprint density at radius 3 is 2.97 bits per heavy atom. The lowest BCUT2D eigenvalue weighted by Crippen LogP contribution is -2.16. The fraction of sp³-hybridized carbons (Fsp3) is 0.476. The highest BCUT2D eigenvalue weighted by Crippen LogP contribution is 2.31. The third-order valence-corrected chi connectivity index (χ3v) is 7.87. The monoisotopic (exact) mass is 428 g/mol. The quantitative estimate of drug-likeness (QED) is 0.630. The molecule has 2 unspecified atom stereocenters. The molecule has 0 radical (unpaired) electrons. The standard InChI is InChI=1S/C21H24N4O4S/c1-13-11-30(26,27)12-21(13)25-9-20(23-24-25)14(2)29-16-3-4-19-18(7-16)17-5-6-28-10-15(17)8-22-19/h3-4,7-9,13-14,21H,5-6,10-12H2,1-2H3/t13?,14-,21?/m1/s1. The molecule has 4 heterocycles. The molecule has 0 amide bonds. The van der Waals surface area contributed by atoms with Crippen molar-refractivity contribution >= 4 is 20.7 Å². The van der Waals surface area contributed by atoms with Gasteiger partial charge in [-0.3, -0.25) is 4.98 Å². The Balaban J connectivity index is 1.37. The first-order valence-electron chi connectivity index (χ1n) is 10.2. The van der Waals surface area contributed by atoms with Crippen molar-refractivity contribution in [2.75, 3.05) is 18.1 Å². The third-order valence-electron chi connectivity index (χ3n) is 5.99. The Morgan fingerprint density at radius 1 is 1.30 bits per heavy atom. The number of aromatic nitrogens is 4. The highest BCUT2D eigenvalue weighted by molar-refractivity contribution is 7.91. The normalized spacial score (nSPS) is 23.9. The van der Waals surface area contributed by atoms with Crippen molar-refractivity contribution in [1.82, 2.24) is 20.0 Å². The summed E-state index contributed by atoms with van der Waals surface area (Å²) in [6.45, 7) is 5.16. The highest BCUT2D eigenvalue weighted by Gasteiger charge is 2.36. The molecule has 3 atom stereocenters. The zero-order valence-corrected chi connectivity index (χ0v) is 17.8. The summed E-state index contributed by atoms with van der Waals surface area (Å²) < 4.78 is 37.2. The van der Waals surface area contributed by atoms with Crippen LogP contribution in [0.3, 0.4) is 0 Å². The number of hydrogen-bond donors (Lipinski definition) is 0. The molecule has 2 aromatic heterocycles. The smallest absolute Gasteiger partial charge is 0.152 e. The van der Waals surface area contributed by atoms with Crippen molar-refractivity contribution < 1.29 is 17.9 Å². The number of benzene rings is 1. The van der Waals surface area contributed by atoms with E-state index in [4.69, 9.17) is 9.47 Å². The van der Waals surface area contributed by atoms with Crippen LogP contribution in [0, 0.1) is 5.92 Å². The summed E-state index contributed by atoms with van der Waals surface area (Å²) in [6.07, 6.45) is 4.24. The zero-order valence-electron chi connectivity index (χ0n) is 17.0. The number of ether oxygens (including phenoxy) is 2. The average Bonchev–Trinajstić information content (AvgIpc) is 3.31. The van der Waals surface area contributed by atoms with E-state index in [0.29, 0.717) is 18.9 Å². The first kappa shape index (κ1) is 19.4. The van der Waals surface area contributed by atoms with Gasteiger partial charge in [0.15, 0.2) is 9.84 Å². The topological polar surface area (TPSA) is 96.2 Å². The van der Waals surface area contributed by atoms with E-state index < -0.39 is 9.84 Å². The summed E-state index contributed by atoms with van der Waals surface area (Å²) >= 11 is 0. The van der Waals surface area contributed by atoms with Crippen LogP contribution in [0.15, 0.2) is 30.6 Å². The molecule has 2 aliphatic rings. The van der Waals surface area contributed by atoms with E-state index >= 15 is 0 Å². The van der Waals surface area contributed by atoms with Crippen LogP contribution in [0.1, 0.15) is 42.8 Å². The molecule has 0 aliphatic carbocycles. The van der Waals surface area contributed by atoms with Crippen molar-refractivity contribution in [3.63, 3.8) is 0 Å². The second kappa shape index (κ2) is 7.31. The van der Waals surface area contributed by atoms with Gasteiger partial charge in [-0.2, -0.15) is 0 Å². The Morgan fingerprint density at radius 2 is 2.17 bits per heavy atom. The molecule has 2 aliphatic heterocycles. The number of nitrogens with zero attached hydrogens (tertiary/aromatic N) is 4. The van der Waals surface area contributed by atoms with Gasteiger partial charge in [0.2, 0.25) is 0 Å². The molecular weight excluding hydrogens is 404 g/mol. The summed E-state index contributed by atoms with van der Waals surface area (Å²) in [5, 5.41) is 9.51. The maximum absolute atomic E-state index is 11.9. The van der Waals surface area contributed by atoms with Gasteiger partial charge in [0.25, 0.3) is 0 Å². The molecule has 158 valence electrons. The fourth-order valence-electron chi connectivity index (χ4n) is 4.36. The van der Waals surface area contributed by atoms with Crippen LogP contribution in [-0.2, 0) is 27.6 Å². The Labute approximate surface area is 175 Å². The van der Waals surface area contributed by atoms with E-state index in [1.807, 2.05) is 38.2 Å². The molecule has 5 rings (SSSR count). The number of sulfone groups is 1. The third kappa shape index (κ3) is 3.56. The molecule has 3 aromatic rings. The van der Waals surface area contributed by atoms with Gasteiger partial charge in [-0.1, -0.05) is 12.1 Å². The number of fused-ring (bicyclic) bond motifs is 3. The van der Waals surface area contributed by atoms with E-state index in [1.165, 1.54) is 5.56 Å². The molecule has 30 heavy (non-hydrogen) atoms. The van der Waals surface area contributed by atoms with E-state index in [0.717, 1.165) is 28.6 Å².